The number of carbonyl (C=O) groups excluding carboxylic acids is 2. The molecular weight excluding hydrogens is 292 g/mol. The fourth-order valence-corrected chi connectivity index (χ4v) is 2.35. The van der Waals surface area contributed by atoms with Gasteiger partial charge < -0.3 is 9.47 Å². The second kappa shape index (κ2) is 13.4. The standard InChI is InChI=1S/C19H36O4/c1-5-9-11-13-17(20)22-15-19(7-3,8-4)16-23-18(21)14-12-10-6-2/h5-16H2,1-4H3. The molecule has 23 heavy (non-hydrogen) atoms. The number of ether oxygens (including phenoxy) is 2. The van der Waals surface area contributed by atoms with E-state index in [0.29, 0.717) is 26.1 Å². The maximum absolute atomic E-state index is 11.8. The monoisotopic (exact) mass is 328 g/mol. The van der Waals surface area contributed by atoms with Gasteiger partial charge in [-0.1, -0.05) is 53.4 Å². The van der Waals surface area contributed by atoms with Crippen LogP contribution in [0.3, 0.4) is 0 Å². The Morgan fingerprint density at radius 1 is 0.696 bits per heavy atom. The summed E-state index contributed by atoms with van der Waals surface area (Å²) in [6.07, 6.45) is 8.67. The van der Waals surface area contributed by atoms with Crippen LogP contribution in [0.5, 0.6) is 0 Å². The fourth-order valence-electron chi connectivity index (χ4n) is 2.35. The second-order valence-electron chi connectivity index (χ2n) is 6.44. The van der Waals surface area contributed by atoms with Gasteiger partial charge in [0.1, 0.15) is 13.2 Å². The number of hydrogen-bond donors (Lipinski definition) is 0. The predicted octanol–water partition coefficient (Wildman–Crippen LogP) is 5.04. The van der Waals surface area contributed by atoms with Crippen LogP contribution in [0.4, 0.5) is 0 Å². The van der Waals surface area contributed by atoms with E-state index in [0.717, 1.165) is 51.4 Å². The molecule has 0 saturated carbocycles. The van der Waals surface area contributed by atoms with E-state index >= 15 is 0 Å². The van der Waals surface area contributed by atoms with Gasteiger partial charge in [-0.2, -0.15) is 0 Å². The van der Waals surface area contributed by atoms with Crippen LogP contribution in [-0.2, 0) is 19.1 Å². The molecule has 0 atom stereocenters. The van der Waals surface area contributed by atoms with E-state index in [1.165, 1.54) is 0 Å². The molecule has 0 aromatic rings. The zero-order valence-corrected chi connectivity index (χ0v) is 15.6. The molecule has 0 N–H and O–H groups in total. The van der Waals surface area contributed by atoms with Crippen LogP contribution in [0.25, 0.3) is 0 Å². The molecule has 0 aromatic heterocycles. The van der Waals surface area contributed by atoms with E-state index in [4.69, 9.17) is 9.47 Å². The van der Waals surface area contributed by atoms with Crippen molar-refractivity contribution < 1.29 is 19.1 Å². The van der Waals surface area contributed by atoms with Crippen LogP contribution in [0, 0.1) is 5.41 Å². The molecule has 0 aliphatic heterocycles. The fraction of sp³-hybridized carbons (Fsp3) is 0.895. The summed E-state index contributed by atoms with van der Waals surface area (Å²) in [7, 11) is 0. The average Bonchev–Trinajstić information content (AvgIpc) is 2.56. The number of rotatable bonds is 14. The third-order valence-electron chi connectivity index (χ3n) is 4.55. The predicted molar refractivity (Wildman–Crippen MR) is 93.2 cm³/mol. The molecule has 0 aromatic carbocycles. The molecule has 0 unspecified atom stereocenters. The van der Waals surface area contributed by atoms with E-state index in [1.54, 1.807) is 0 Å². The van der Waals surface area contributed by atoms with E-state index in [-0.39, 0.29) is 17.4 Å². The van der Waals surface area contributed by atoms with Gasteiger partial charge in [0.25, 0.3) is 0 Å². The minimum atomic E-state index is -0.249. The number of unbranched alkanes of at least 4 members (excludes halogenated alkanes) is 4. The van der Waals surface area contributed by atoms with Gasteiger partial charge in [0.2, 0.25) is 0 Å². The number of esters is 2. The SMILES string of the molecule is CCCCCC(=O)OCC(CC)(CC)COC(=O)CCCCC. The number of carbonyl (C=O) groups is 2. The van der Waals surface area contributed by atoms with E-state index in [9.17, 15) is 9.59 Å². The van der Waals surface area contributed by atoms with Crippen molar-refractivity contribution in [2.24, 2.45) is 5.41 Å². The van der Waals surface area contributed by atoms with Crippen LogP contribution >= 0.6 is 0 Å². The lowest BCUT2D eigenvalue weighted by molar-refractivity contribution is -0.154. The summed E-state index contributed by atoms with van der Waals surface area (Å²) in [5, 5.41) is 0. The Balaban J connectivity index is 4.23. The number of hydrogen-bond acceptors (Lipinski definition) is 4. The van der Waals surface area contributed by atoms with Gasteiger partial charge >= 0.3 is 11.9 Å². The van der Waals surface area contributed by atoms with Crippen molar-refractivity contribution >= 4 is 11.9 Å². The summed E-state index contributed by atoms with van der Waals surface area (Å²) < 4.78 is 10.9. The molecule has 0 saturated heterocycles. The molecule has 136 valence electrons. The molecule has 0 aliphatic carbocycles. The molecule has 0 rings (SSSR count). The first-order valence-electron chi connectivity index (χ1n) is 9.34. The second-order valence-corrected chi connectivity index (χ2v) is 6.44. The van der Waals surface area contributed by atoms with E-state index in [2.05, 4.69) is 27.7 Å². The Morgan fingerprint density at radius 3 is 1.39 bits per heavy atom. The van der Waals surface area contributed by atoms with Crippen molar-refractivity contribution in [1.29, 1.82) is 0 Å². The van der Waals surface area contributed by atoms with Crippen molar-refractivity contribution in [3.05, 3.63) is 0 Å². The Morgan fingerprint density at radius 2 is 1.09 bits per heavy atom. The first-order valence-corrected chi connectivity index (χ1v) is 9.34. The van der Waals surface area contributed by atoms with Crippen LogP contribution in [0.15, 0.2) is 0 Å². The maximum atomic E-state index is 11.8. The summed E-state index contributed by atoms with van der Waals surface area (Å²) in [4.78, 5) is 23.6. The molecular formula is C19H36O4. The molecule has 0 fully saturated rings. The van der Waals surface area contributed by atoms with Gasteiger partial charge in [-0.15, -0.1) is 0 Å². The molecule has 0 aliphatic rings. The Labute approximate surface area is 142 Å². The normalized spacial score (nSPS) is 11.3. The van der Waals surface area contributed by atoms with Crippen molar-refractivity contribution in [3.63, 3.8) is 0 Å². The first kappa shape index (κ1) is 21.9. The molecule has 0 amide bonds. The maximum Gasteiger partial charge on any atom is 0.305 e. The lowest BCUT2D eigenvalue weighted by Gasteiger charge is -2.30. The minimum Gasteiger partial charge on any atom is -0.465 e. The van der Waals surface area contributed by atoms with Gasteiger partial charge in [-0.3, -0.25) is 9.59 Å². The average molecular weight is 328 g/mol. The van der Waals surface area contributed by atoms with Crippen LogP contribution < -0.4 is 0 Å². The topological polar surface area (TPSA) is 52.6 Å². The summed E-state index contributed by atoms with van der Waals surface area (Å²) in [5.41, 5.74) is -0.249. The van der Waals surface area contributed by atoms with Crippen molar-refractivity contribution in [3.8, 4) is 0 Å². The van der Waals surface area contributed by atoms with Gasteiger partial charge in [0.05, 0.1) is 0 Å². The molecule has 0 spiro atoms. The molecule has 0 bridgehead atoms. The van der Waals surface area contributed by atoms with E-state index in [1.807, 2.05) is 0 Å². The largest absolute Gasteiger partial charge is 0.465 e. The molecule has 0 heterocycles. The summed E-state index contributed by atoms with van der Waals surface area (Å²) in [6.45, 7) is 9.01. The van der Waals surface area contributed by atoms with Gasteiger partial charge in [0.15, 0.2) is 0 Å². The Hall–Kier alpha value is -1.06. The van der Waals surface area contributed by atoms with Crippen molar-refractivity contribution in [2.75, 3.05) is 13.2 Å². The van der Waals surface area contributed by atoms with Gasteiger partial charge in [-0.25, -0.2) is 0 Å². The van der Waals surface area contributed by atoms with Crippen molar-refractivity contribution in [1.82, 2.24) is 0 Å². The Bertz CT molecular complexity index is 293. The highest BCUT2D eigenvalue weighted by Gasteiger charge is 2.30. The highest BCUT2D eigenvalue weighted by atomic mass is 16.5. The van der Waals surface area contributed by atoms with E-state index < -0.39 is 0 Å². The smallest absolute Gasteiger partial charge is 0.305 e. The van der Waals surface area contributed by atoms with Crippen molar-refractivity contribution in [2.45, 2.75) is 91.9 Å². The third kappa shape index (κ3) is 10.4. The van der Waals surface area contributed by atoms with Gasteiger partial charge in [0, 0.05) is 18.3 Å². The minimum absolute atomic E-state index is 0.140. The zero-order chi connectivity index (χ0) is 17.6. The summed E-state index contributed by atoms with van der Waals surface area (Å²) >= 11 is 0. The summed E-state index contributed by atoms with van der Waals surface area (Å²) in [6, 6.07) is 0. The van der Waals surface area contributed by atoms with Crippen LogP contribution in [-0.4, -0.2) is 25.2 Å². The van der Waals surface area contributed by atoms with Crippen LogP contribution in [0.2, 0.25) is 0 Å². The lowest BCUT2D eigenvalue weighted by Crippen LogP contribution is -2.33. The lowest BCUT2D eigenvalue weighted by atomic mass is 9.84. The Kier molecular flexibility index (Phi) is 12.8. The third-order valence-corrected chi connectivity index (χ3v) is 4.55. The van der Waals surface area contributed by atoms with Crippen LogP contribution in [0.1, 0.15) is 91.9 Å². The molecule has 4 nitrogen and oxygen atoms in total. The highest BCUT2D eigenvalue weighted by molar-refractivity contribution is 5.69. The quantitative estimate of drug-likeness (QED) is 0.331. The zero-order valence-electron chi connectivity index (χ0n) is 15.6. The molecule has 4 heteroatoms. The highest BCUT2D eigenvalue weighted by Crippen LogP contribution is 2.28. The molecule has 0 radical (unpaired) electrons. The van der Waals surface area contributed by atoms with Gasteiger partial charge in [-0.05, 0) is 25.7 Å². The summed E-state index contributed by atoms with van der Waals surface area (Å²) in [5.74, 6) is -0.280. The first-order chi connectivity index (χ1) is 11.0.